The Kier molecular flexibility index (Phi) is 12.3. The van der Waals surface area contributed by atoms with E-state index in [2.05, 4.69) is 22.5 Å². The van der Waals surface area contributed by atoms with Gasteiger partial charge in [0.2, 0.25) is 5.91 Å². The van der Waals surface area contributed by atoms with Crippen molar-refractivity contribution in [3.8, 4) is 17.6 Å². The van der Waals surface area contributed by atoms with Crippen LogP contribution in [0.3, 0.4) is 0 Å². The summed E-state index contributed by atoms with van der Waals surface area (Å²) >= 11 is 0. The van der Waals surface area contributed by atoms with Crippen LogP contribution in [0.2, 0.25) is 0 Å². The third-order valence-corrected chi connectivity index (χ3v) is 11.5. The molecule has 3 aliphatic rings. The monoisotopic (exact) mass is 843 g/mol. The Labute approximate surface area is 356 Å². The predicted molar refractivity (Wildman–Crippen MR) is 222 cm³/mol. The highest BCUT2D eigenvalue weighted by Gasteiger charge is 2.76. The lowest BCUT2D eigenvalue weighted by atomic mass is 9.65. The molecule has 5 amide bonds. The lowest BCUT2D eigenvalue weighted by Gasteiger charge is -2.46. The molecule has 7 unspecified atom stereocenters. The molecule has 2 fully saturated rings. The van der Waals surface area contributed by atoms with Crippen LogP contribution in [0.1, 0.15) is 59.9 Å². The van der Waals surface area contributed by atoms with Crippen molar-refractivity contribution in [2.45, 2.75) is 49.5 Å². The van der Waals surface area contributed by atoms with E-state index < -0.39 is 83.4 Å². The van der Waals surface area contributed by atoms with Gasteiger partial charge >= 0.3 is 30.0 Å². The molecule has 16 nitrogen and oxygen atoms in total. The van der Waals surface area contributed by atoms with Crippen LogP contribution in [0.4, 0.5) is 15.3 Å². The van der Waals surface area contributed by atoms with Crippen molar-refractivity contribution < 1.29 is 53.2 Å². The topological polar surface area (TPSA) is 227 Å². The summed E-state index contributed by atoms with van der Waals surface area (Å²) in [6.45, 7) is 2.95. The number of hydrogen-bond acceptors (Lipinski definition) is 11. The maximum atomic E-state index is 16.0. The van der Waals surface area contributed by atoms with Gasteiger partial charge in [-0.25, -0.2) is 19.3 Å². The van der Waals surface area contributed by atoms with Crippen molar-refractivity contribution >= 4 is 41.6 Å². The molecule has 7 atom stereocenters. The number of nitrogens with two attached hydrogens (primary N) is 1. The molecule has 1 spiro atoms. The number of hydrogen-bond donors (Lipinski definition) is 5. The number of cyclic esters (lactones) is 1. The van der Waals surface area contributed by atoms with Gasteiger partial charge in [0.1, 0.15) is 41.9 Å². The Hall–Kier alpha value is -7.22. The quantitative estimate of drug-likeness (QED) is 0.108. The molecule has 3 aliphatic heterocycles. The third-order valence-electron chi connectivity index (χ3n) is 11.5. The maximum Gasteiger partial charge on any atom is 0.329 e. The van der Waals surface area contributed by atoms with Crippen LogP contribution in [0.5, 0.6) is 5.75 Å². The van der Waals surface area contributed by atoms with Gasteiger partial charge in [-0.1, -0.05) is 98.5 Å². The summed E-state index contributed by atoms with van der Waals surface area (Å²) in [6, 6.07) is 22.2. The van der Waals surface area contributed by atoms with E-state index in [0.717, 1.165) is 4.90 Å². The summed E-state index contributed by atoms with van der Waals surface area (Å²) in [5, 5.41) is 26.0. The molecule has 62 heavy (non-hydrogen) atoms. The Balaban J connectivity index is 1.54. The SMILES string of the molecule is COC(=O)C(NC(=O)N1C(=O)C2(c3cc(C#CCNC(N)=O)ccc31)C(C(=O)O)C1C(=O)OC(c3ccccc3)C(c3ccccc3)N1C2c1ccc(OCCO)cc1)C(C)C. The van der Waals surface area contributed by atoms with E-state index in [1.807, 2.05) is 24.3 Å². The van der Waals surface area contributed by atoms with Crippen molar-refractivity contribution in [1.29, 1.82) is 0 Å². The first-order valence-electron chi connectivity index (χ1n) is 19.9. The predicted octanol–water partition coefficient (Wildman–Crippen LogP) is 3.73. The van der Waals surface area contributed by atoms with Crippen molar-refractivity contribution in [2.75, 3.05) is 31.8 Å². The number of nitrogens with one attached hydrogen (secondary N) is 2. The third kappa shape index (κ3) is 7.56. The average Bonchev–Trinajstić information content (AvgIpc) is 3.73. The Bertz CT molecular complexity index is 2440. The standard InChI is InChI=1S/C46H45N5O11/c1-26(2)35(41(55)60-3)49-45(59)50-33-21-16-27(11-10-22-48-44(47)58)25-32(33)46(43(50)57)34(40(53)54)37-42(56)62-38(29-14-8-5-9-15-29)36(28-12-6-4-7-13-28)51(37)39(46)30-17-19-31(20-18-30)61-24-23-52/h4-9,12-21,25-26,34-39,52H,22-24H2,1-3H3,(H,49,59)(H,53,54)(H3,47,48,58). The molecule has 6 N–H and O–H groups in total. The van der Waals surface area contributed by atoms with E-state index in [-0.39, 0.29) is 36.6 Å². The van der Waals surface area contributed by atoms with E-state index in [4.69, 9.17) is 19.9 Å². The number of imide groups is 1. The van der Waals surface area contributed by atoms with Gasteiger partial charge in [0.15, 0.2) is 0 Å². The molecule has 320 valence electrons. The van der Waals surface area contributed by atoms with Crippen LogP contribution in [0.25, 0.3) is 0 Å². The number of methoxy groups -OCH3 is 1. The number of carbonyl (C=O) groups is 6. The summed E-state index contributed by atoms with van der Waals surface area (Å²) in [5.74, 6) is -0.484. The number of anilines is 1. The molecular formula is C46H45N5O11. The zero-order chi connectivity index (χ0) is 44.3. The van der Waals surface area contributed by atoms with Crippen LogP contribution in [-0.4, -0.2) is 89.9 Å². The Morgan fingerprint density at radius 2 is 1.56 bits per heavy atom. The van der Waals surface area contributed by atoms with E-state index in [1.165, 1.54) is 25.3 Å². The lowest BCUT2D eigenvalue weighted by molar-refractivity contribution is -0.179. The van der Waals surface area contributed by atoms with Crippen molar-refractivity contribution in [1.82, 2.24) is 15.5 Å². The van der Waals surface area contributed by atoms with Gasteiger partial charge in [-0.3, -0.25) is 19.3 Å². The summed E-state index contributed by atoms with van der Waals surface area (Å²) in [4.78, 5) is 86.5. The van der Waals surface area contributed by atoms with Gasteiger partial charge in [0.25, 0.3) is 0 Å². The van der Waals surface area contributed by atoms with Gasteiger partial charge < -0.3 is 40.8 Å². The molecule has 3 heterocycles. The van der Waals surface area contributed by atoms with Crippen molar-refractivity contribution in [3.63, 3.8) is 0 Å². The molecule has 0 saturated carbocycles. The average molecular weight is 844 g/mol. The van der Waals surface area contributed by atoms with Crippen LogP contribution < -0.4 is 26.0 Å². The molecule has 16 heteroatoms. The first kappa shape index (κ1) is 42.9. The second-order valence-electron chi connectivity index (χ2n) is 15.3. The fourth-order valence-electron chi connectivity index (χ4n) is 8.97. The van der Waals surface area contributed by atoms with E-state index in [0.29, 0.717) is 22.4 Å². The number of urea groups is 2. The van der Waals surface area contributed by atoms with Gasteiger partial charge in [0.05, 0.1) is 38.0 Å². The number of morpholine rings is 1. The number of ether oxygens (including phenoxy) is 3. The molecule has 7 rings (SSSR count). The highest BCUT2D eigenvalue weighted by Crippen LogP contribution is 2.66. The van der Waals surface area contributed by atoms with Crippen molar-refractivity contribution in [2.24, 2.45) is 17.6 Å². The zero-order valence-corrected chi connectivity index (χ0v) is 34.0. The number of aliphatic carboxylic acids is 1. The minimum Gasteiger partial charge on any atom is -0.491 e. The Morgan fingerprint density at radius 1 is 0.903 bits per heavy atom. The molecule has 0 bridgehead atoms. The number of aliphatic hydroxyl groups excluding tert-OH is 1. The second-order valence-corrected chi connectivity index (χ2v) is 15.3. The fraction of sp³-hybridized carbons (Fsp3) is 0.304. The maximum absolute atomic E-state index is 16.0. The molecule has 2 saturated heterocycles. The summed E-state index contributed by atoms with van der Waals surface area (Å²) in [5.41, 5.74) is 4.94. The van der Waals surface area contributed by atoms with E-state index in [1.54, 1.807) is 79.4 Å². The van der Waals surface area contributed by atoms with Crippen LogP contribution >= 0.6 is 0 Å². The van der Waals surface area contributed by atoms with Crippen LogP contribution in [0, 0.1) is 23.7 Å². The minimum atomic E-state index is -2.27. The highest BCUT2D eigenvalue weighted by molar-refractivity contribution is 6.24. The number of carboxylic acids is 1. The number of carbonyl (C=O) groups excluding carboxylic acids is 5. The molecule has 4 aromatic carbocycles. The van der Waals surface area contributed by atoms with Gasteiger partial charge in [-0.2, -0.15) is 0 Å². The summed E-state index contributed by atoms with van der Waals surface area (Å²) in [6.07, 6.45) is -1.00. The first-order valence-corrected chi connectivity index (χ1v) is 19.9. The number of carboxylic acid groups (broad SMARTS) is 1. The number of primary amides is 1. The van der Waals surface area contributed by atoms with Gasteiger partial charge in [-0.15, -0.1) is 0 Å². The number of fused-ring (bicyclic) bond motifs is 3. The fourth-order valence-corrected chi connectivity index (χ4v) is 8.97. The first-order chi connectivity index (χ1) is 29.8. The molecule has 0 aromatic heterocycles. The number of amides is 5. The molecule has 0 radical (unpaired) electrons. The van der Waals surface area contributed by atoms with Gasteiger partial charge in [0, 0.05) is 5.56 Å². The number of rotatable bonds is 11. The highest BCUT2D eigenvalue weighted by atomic mass is 16.6. The normalized spacial score (nSPS) is 23.0. The summed E-state index contributed by atoms with van der Waals surface area (Å²) in [7, 11) is 1.17. The number of benzene rings is 4. The summed E-state index contributed by atoms with van der Waals surface area (Å²) < 4.78 is 16.9. The minimum absolute atomic E-state index is 0.0103. The van der Waals surface area contributed by atoms with Crippen LogP contribution in [-0.2, 0) is 34.1 Å². The number of nitrogens with zero attached hydrogens (tertiary/aromatic N) is 2. The lowest BCUT2D eigenvalue weighted by Crippen LogP contribution is -2.56. The zero-order valence-electron chi connectivity index (χ0n) is 34.0. The number of aliphatic hydroxyl groups is 1. The van der Waals surface area contributed by atoms with E-state index in [9.17, 15) is 34.2 Å². The smallest absolute Gasteiger partial charge is 0.329 e. The Morgan fingerprint density at radius 3 is 2.16 bits per heavy atom. The van der Waals surface area contributed by atoms with Crippen molar-refractivity contribution in [3.05, 3.63) is 131 Å². The van der Waals surface area contributed by atoms with E-state index >= 15 is 4.79 Å². The molecule has 0 aliphatic carbocycles. The number of esters is 2. The molecular weight excluding hydrogens is 799 g/mol. The largest absolute Gasteiger partial charge is 0.491 e. The molecule has 4 aromatic rings. The van der Waals surface area contributed by atoms with Crippen LogP contribution in [0.15, 0.2) is 103 Å². The second kappa shape index (κ2) is 17.8. The van der Waals surface area contributed by atoms with Gasteiger partial charge in [-0.05, 0) is 58.5 Å².